The maximum atomic E-state index is 12.1. The second-order valence-electron chi connectivity index (χ2n) is 5.73. The number of ether oxygens (including phenoxy) is 1. The number of hydrogen-bond donors (Lipinski definition) is 2. The number of aromatic nitrogens is 2. The molecule has 0 saturated heterocycles. The summed E-state index contributed by atoms with van der Waals surface area (Å²) in [6, 6.07) is 6.60. The summed E-state index contributed by atoms with van der Waals surface area (Å²) in [5, 5.41) is 10.4. The van der Waals surface area contributed by atoms with Gasteiger partial charge in [-0.1, -0.05) is 6.07 Å². The molecule has 1 heterocycles. The van der Waals surface area contributed by atoms with Crippen LogP contribution >= 0.6 is 0 Å². The summed E-state index contributed by atoms with van der Waals surface area (Å²) >= 11 is 0. The Morgan fingerprint density at radius 1 is 1.36 bits per heavy atom. The van der Waals surface area contributed by atoms with Gasteiger partial charge in [0.25, 0.3) is 5.56 Å². The summed E-state index contributed by atoms with van der Waals surface area (Å²) in [5.41, 5.74) is -1.11. The summed E-state index contributed by atoms with van der Waals surface area (Å²) in [7, 11) is 5.43. The quantitative estimate of drug-likeness (QED) is 0.565. The van der Waals surface area contributed by atoms with E-state index in [1.807, 2.05) is 19.0 Å². The molecular weight excluding hydrogens is 324 g/mol. The second kappa shape index (κ2) is 8.29. The molecule has 134 valence electrons. The molecule has 25 heavy (non-hydrogen) atoms. The Morgan fingerprint density at radius 3 is 2.80 bits per heavy atom. The third-order valence-electron chi connectivity index (χ3n) is 3.55. The highest BCUT2D eigenvalue weighted by Crippen LogP contribution is 2.19. The first kappa shape index (κ1) is 18.5. The summed E-state index contributed by atoms with van der Waals surface area (Å²) in [4.78, 5) is 32.5. The fourth-order valence-electron chi connectivity index (χ4n) is 2.28. The predicted octanol–water partition coefficient (Wildman–Crippen LogP) is 0.611. The van der Waals surface area contributed by atoms with E-state index >= 15 is 0 Å². The van der Waals surface area contributed by atoms with Gasteiger partial charge in [0.05, 0.1) is 12.8 Å². The third kappa shape index (κ3) is 4.57. The zero-order valence-corrected chi connectivity index (χ0v) is 14.5. The van der Waals surface area contributed by atoms with Crippen molar-refractivity contribution < 1.29 is 9.84 Å². The molecule has 8 heteroatoms. The van der Waals surface area contributed by atoms with Gasteiger partial charge in [0.1, 0.15) is 11.3 Å². The predicted molar refractivity (Wildman–Crippen MR) is 96.5 cm³/mol. The lowest BCUT2D eigenvalue weighted by Gasteiger charge is -2.10. The van der Waals surface area contributed by atoms with Gasteiger partial charge in [-0.25, -0.2) is 9.36 Å². The highest BCUT2D eigenvalue weighted by atomic mass is 16.5. The SMILES string of the molecule is COc1cccc(-n2c(O)c(C=NCCCN(C)C)c(=O)[nH]c2=O)c1. The molecule has 2 rings (SSSR count). The normalized spacial score (nSPS) is 11.4. The van der Waals surface area contributed by atoms with Crippen molar-refractivity contribution in [1.29, 1.82) is 0 Å². The van der Waals surface area contributed by atoms with Crippen molar-refractivity contribution in [2.24, 2.45) is 4.99 Å². The van der Waals surface area contributed by atoms with Gasteiger partial charge < -0.3 is 14.7 Å². The van der Waals surface area contributed by atoms with Crippen LogP contribution in [0.2, 0.25) is 0 Å². The zero-order chi connectivity index (χ0) is 18.4. The Morgan fingerprint density at radius 2 is 2.12 bits per heavy atom. The van der Waals surface area contributed by atoms with Crippen LogP contribution in [0, 0.1) is 0 Å². The summed E-state index contributed by atoms with van der Waals surface area (Å²) in [5.74, 6) is 0.0623. The Balaban J connectivity index is 2.38. The van der Waals surface area contributed by atoms with E-state index in [9.17, 15) is 14.7 Å². The van der Waals surface area contributed by atoms with Gasteiger partial charge in [-0.2, -0.15) is 0 Å². The molecule has 0 saturated carbocycles. The molecule has 0 spiro atoms. The molecule has 2 aromatic rings. The average Bonchev–Trinajstić information content (AvgIpc) is 2.57. The van der Waals surface area contributed by atoms with Gasteiger partial charge in [-0.15, -0.1) is 0 Å². The van der Waals surface area contributed by atoms with E-state index in [0.717, 1.165) is 17.5 Å². The average molecular weight is 346 g/mol. The van der Waals surface area contributed by atoms with Crippen LogP contribution in [0.15, 0.2) is 38.8 Å². The first-order chi connectivity index (χ1) is 11.9. The number of aromatic amines is 1. The first-order valence-electron chi connectivity index (χ1n) is 7.81. The number of aromatic hydroxyl groups is 1. The van der Waals surface area contributed by atoms with Gasteiger partial charge in [0.15, 0.2) is 0 Å². The lowest BCUT2D eigenvalue weighted by Crippen LogP contribution is -2.31. The van der Waals surface area contributed by atoms with Crippen molar-refractivity contribution in [3.05, 3.63) is 50.7 Å². The molecule has 1 aromatic heterocycles. The Hall–Kier alpha value is -2.87. The molecule has 0 aliphatic carbocycles. The maximum Gasteiger partial charge on any atom is 0.335 e. The van der Waals surface area contributed by atoms with E-state index in [-0.39, 0.29) is 5.56 Å². The van der Waals surface area contributed by atoms with Crippen molar-refractivity contribution in [3.8, 4) is 17.3 Å². The standard InChI is InChI=1S/C17H22N4O4/c1-20(2)9-5-8-18-11-14-15(22)19-17(24)21(16(14)23)12-6-4-7-13(10-12)25-3/h4,6-7,10-11,23H,5,8-9H2,1-3H3,(H,19,22,24). The van der Waals surface area contributed by atoms with Crippen LogP contribution in [-0.2, 0) is 0 Å². The van der Waals surface area contributed by atoms with Crippen molar-refractivity contribution in [2.45, 2.75) is 6.42 Å². The molecule has 0 radical (unpaired) electrons. The number of aliphatic imine (C=N–C) groups is 1. The molecule has 0 bridgehead atoms. The molecular formula is C17H22N4O4. The molecule has 8 nitrogen and oxygen atoms in total. The van der Waals surface area contributed by atoms with Crippen molar-refractivity contribution >= 4 is 6.21 Å². The number of nitrogens with zero attached hydrogens (tertiary/aromatic N) is 3. The van der Waals surface area contributed by atoms with Crippen LogP contribution in [0.3, 0.4) is 0 Å². The number of benzene rings is 1. The third-order valence-corrected chi connectivity index (χ3v) is 3.55. The Labute approximate surface area is 145 Å². The van der Waals surface area contributed by atoms with E-state index in [0.29, 0.717) is 18.0 Å². The number of hydrogen-bond acceptors (Lipinski definition) is 6. The first-order valence-corrected chi connectivity index (χ1v) is 7.81. The molecule has 0 aliphatic heterocycles. The van der Waals surface area contributed by atoms with Crippen molar-refractivity contribution in [2.75, 3.05) is 34.3 Å². The van der Waals surface area contributed by atoms with E-state index in [1.165, 1.54) is 13.3 Å². The number of rotatable bonds is 7. The van der Waals surface area contributed by atoms with Crippen LogP contribution in [0.25, 0.3) is 5.69 Å². The summed E-state index contributed by atoms with van der Waals surface area (Å²) in [6.45, 7) is 1.37. The Bertz CT molecular complexity index is 868. The van der Waals surface area contributed by atoms with Gasteiger partial charge in [-0.3, -0.25) is 14.8 Å². The fourth-order valence-corrected chi connectivity index (χ4v) is 2.28. The van der Waals surface area contributed by atoms with Crippen LogP contribution in [-0.4, -0.2) is 60.1 Å². The molecule has 2 N–H and O–H groups in total. The van der Waals surface area contributed by atoms with Gasteiger partial charge >= 0.3 is 5.69 Å². The van der Waals surface area contributed by atoms with Crippen LogP contribution in [0.1, 0.15) is 12.0 Å². The highest BCUT2D eigenvalue weighted by Gasteiger charge is 2.14. The van der Waals surface area contributed by atoms with E-state index in [1.54, 1.807) is 24.3 Å². The van der Waals surface area contributed by atoms with Crippen LogP contribution in [0.4, 0.5) is 0 Å². The summed E-state index contributed by atoms with van der Waals surface area (Å²) in [6.07, 6.45) is 2.11. The van der Waals surface area contributed by atoms with Gasteiger partial charge in [0, 0.05) is 18.8 Å². The van der Waals surface area contributed by atoms with Crippen LogP contribution in [0.5, 0.6) is 11.6 Å². The number of nitrogens with one attached hydrogen (secondary N) is 1. The lowest BCUT2D eigenvalue weighted by molar-refractivity contribution is 0.403. The molecule has 0 aliphatic rings. The molecule has 0 amide bonds. The molecule has 1 aromatic carbocycles. The van der Waals surface area contributed by atoms with Gasteiger partial charge in [-0.05, 0) is 39.2 Å². The monoisotopic (exact) mass is 346 g/mol. The number of methoxy groups -OCH3 is 1. The topological polar surface area (TPSA) is 99.9 Å². The minimum Gasteiger partial charge on any atom is -0.497 e. The Kier molecular flexibility index (Phi) is 6.13. The largest absolute Gasteiger partial charge is 0.497 e. The maximum absolute atomic E-state index is 12.1. The summed E-state index contributed by atoms with van der Waals surface area (Å²) < 4.78 is 6.13. The lowest BCUT2D eigenvalue weighted by atomic mass is 10.2. The van der Waals surface area contributed by atoms with Gasteiger partial charge in [0.2, 0.25) is 5.88 Å². The molecule has 0 unspecified atom stereocenters. The van der Waals surface area contributed by atoms with Crippen LogP contribution < -0.4 is 16.0 Å². The molecule has 0 fully saturated rings. The minimum absolute atomic E-state index is 0.0627. The minimum atomic E-state index is -0.736. The smallest absolute Gasteiger partial charge is 0.335 e. The van der Waals surface area contributed by atoms with E-state index in [2.05, 4.69) is 9.98 Å². The van der Waals surface area contributed by atoms with E-state index in [4.69, 9.17) is 4.74 Å². The molecule has 0 atom stereocenters. The van der Waals surface area contributed by atoms with Crippen molar-refractivity contribution in [3.63, 3.8) is 0 Å². The number of H-pyrrole nitrogens is 1. The second-order valence-corrected chi connectivity index (χ2v) is 5.73. The fraction of sp³-hybridized carbons (Fsp3) is 0.353. The zero-order valence-electron chi connectivity index (χ0n) is 14.5. The van der Waals surface area contributed by atoms with E-state index < -0.39 is 17.1 Å². The highest BCUT2D eigenvalue weighted by molar-refractivity contribution is 5.82. The van der Waals surface area contributed by atoms with Crippen molar-refractivity contribution in [1.82, 2.24) is 14.5 Å².